The van der Waals surface area contributed by atoms with E-state index in [1.54, 1.807) is 0 Å². The Morgan fingerprint density at radius 2 is 1.72 bits per heavy atom. The van der Waals surface area contributed by atoms with Crippen molar-refractivity contribution in [2.75, 3.05) is 13.2 Å². The van der Waals surface area contributed by atoms with Crippen molar-refractivity contribution in [2.24, 2.45) is 17.3 Å². The van der Waals surface area contributed by atoms with Gasteiger partial charge < -0.3 is 28.8 Å². The largest absolute Gasteiger partial charge is 0.481 e. The molecule has 8 heteroatoms. The Bertz CT molecular complexity index is 900. The zero-order valence-electron chi connectivity index (χ0n) is 26.6. The standard InChI is InChI=1S/C35H56O8/c1-3-20-35(21-13-22-35)31(43-34-19-9-11-24-40-34)16-12-15-28-27(14-6-4-5-7-17-32(37)38)29(41-26(2)36)25-30(28)42-33-18-8-10-23-39-33/h4,6,12,15,27-31,33-34H,3,5,7-11,13-14,16-25H2,1-2H3,(H,37,38)/b6-4-,15-12+/t27-,28-,29+,30-,31?,33?,34?/m1/s1. The highest BCUT2D eigenvalue weighted by Gasteiger charge is 2.46. The lowest BCUT2D eigenvalue weighted by molar-refractivity contribution is -0.223. The molecule has 2 saturated heterocycles. The van der Waals surface area contributed by atoms with Crippen LogP contribution in [-0.2, 0) is 33.3 Å². The zero-order chi connectivity index (χ0) is 30.5. The maximum atomic E-state index is 12.1. The second kappa shape index (κ2) is 17.7. The van der Waals surface area contributed by atoms with Gasteiger partial charge in [0.1, 0.15) is 6.10 Å². The number of hydrogen-bond donors (Lipinski definition) is 1. The van der Waals surface area contributed by atoms with Crippen LogP contribution in [0.3, 0.4) is 0 Å². The van der Waals surface area contributed by atoms with E-state index in [1.165, 1.54) is 32.6 Å². The number of rotatable bonds is 17. The predicted octanol–water partition coefficient (Wildman–Crippen LogP) is 7.50. The molecule has 4 rings (SSSR count). The molecule has 4 aliphatic rings. The first kappa shape index (κ1) is 34.1. The van der Waals surface area contributed by atoms with Crippen LogP contribution < -0.4 is 0 Å². The van der Waals surface area contributed by atoms with E-state index >= 15 is 0 Å². The number of aliphatic carboxylic acids is 1. The fourth-order valence-electron chi connectivity index (χ4n) is 7.58. The van der Waals surface area contributed by atoms with Crippen molar-refractivity contribution in [3.8, 4) is 0 Å². The smallest absolute Gasteiger partial charge is 0.303 e. The Morgan fingerprint density at radius 1 is 0.977 bits per heavy atom. The molecular weight excluding hydrogens is 548 g/mol. The van der Waals surface area contributed by atoms with Gasteiger partial charge in [0.15, 0.2) is 12.6 Å². The van der Waals surface area contributed by atoms with Gasteiger partial charge in [-0.05, 0) is 88.9 Å². The van der Waals surface area contributed by atoms with E-state index < -0.39 is 5.97 Å². The Balaban J connectivity index is 1.50. The van der Waals surface area contributed by atoms with Crippen LogP contribution in [-0.4, -0.2) is 61.2 Å². The molecule has 3 unspecified atom stereocenters. The summed E-state index contributed by atoms with van der Waals surface area (Å²) in [5.41, 5.74) is 0.222. The molecule has 0 amide bonds. The minimum Gasteiger partial charge on any atom is -0.481 e. The molecule has 2 aliphatic heterocycles. The monoisotopic (exact) mass is 604 g/mol. The lowest BCUT2D eigenvalue weighted by Crippen LogP contribution is -2.45. The Kier molecular flexibility index (Phi) is 14.0. The molecule has 2 saturated carbocycles. The molecule has 0 aromatic carbocycles. The normalized spacial score (nSPS) is 31.7. The lowest BCUT2D eigenvalue weighted by Gasteiger charge is -2.48. The summed E-state index contributed by atoms with van der Waals surface area (Å²) in [6.45, 7) is 5.24. The summed E-state index contributed by atoms with van der Waals surface area (Å²) in [6, 6.07) is 0. The van der Waals surface area contributed by atoms with E-state index in [1.807, 2.05) is 0 Å². The number of carbonyl (C=O) groups excluding carboxylic acids is 1. The van der Waals surface area contributed by atoms with Gasteiger partial charge in [-0.15, -0.1) is 0 Å². The summed E-state index contributed by atoms with van der Waals surface area (Å²) >= 11 is 0. The third-order valence-corrected chi connectivity index (χ3v) is 9.93. The third-order valence-electron chi connectivity index (χ3n) is 9.93. The van der Waals surface area contributed by atoms with E-state index in [9.17, 15) is 9.59 Å². The number of carboxylic acid groups (broad SMARTS) is 1. The van der Waals surface area contributed by atoms with Gasteiger partial charge in [0.05, 0.1) is 12.2 Å². The highest BCUT2D eigenvalue weighted by molar-refractivity contribution is 5.66. The highest BCUT2D eigenvalue weighted by atomic mass is 16.7. The van der Waals surface area contributed by atoms with Crippen LogP contribution in [0.4, 0.5) is 0 Å². The first-order valence-electron chi connectivity index (χ1n) is 17.1. The molecule has 244 valence electrons. The number of hydrogen-bond acceptors (Lipinski definition) is 7. The number of esters is 1. The van der Waals surface area contributed by atoms with Gasteiger partial charge in [-0.25, -0.2) is 0 Å². The quantitative estimate of drug-likeness (QED) is 0.104. The highest BCUT2D eigenvalue weighted by Crippen LogP contribution is 2.50. The molecule has 2 heterocycles. The summed E-state index contributed by atoms with van der Waals surface area (Å²) in [7, 11) is 0. The SMILES string of the molecule is CCCC1(C(C/C=C/[C@@H]2[C@@H](C/C=C\CCCC(=O)O)[C@@H](OC(C)=O)C[C@H]2OC2CCCCO2)OC2CCCCO2)CCC1. The van der Waals surface area contributed by atoms with Crippen LogP contribution in [0.15, 0.2) is 24.3 Å². The minimum atomic E-state index is -0.769. The van der Waals surface area contributed by atoms with E-state index in [0.717, 1.165) is 77.4 Å². The molecule has 0 bridgehead atoms. The number of allylic oxidation sites excluding steroid dienone is 2. The van der Waals surface area contributed by atoms with Gasteiger partial charge in [-0.1, -0.05) is 44.1 Å². The molecule has 2 aliphatic carbocycles. The van der Waals surface area contributed by atoms with E-state index in [-0.39, 0.29) is 60.5 Å². The first-order chi connectivity index (χ1) is 20.9. The van der Waals surface area contributed by atoms with Crippen molar-refractivity contribution in [2.45, 2.75) is 154 Å². The summed E-state index contributed by atoms with van der Waals surface area (Å²) in [5, 5.41) is 8.95. The van der Waals surface area contributed by atoms with Crippen molar-refractivity contribution >= 4 is 11.9 Å². The Labute approximate surface area is 258 Å². The maximum Gasteiger partial charge on any atom is 0.303 e. The van der Waals surface area contributed by atoms with Crippen LogP contribution in [0.1, 0.15) is 123 Å². The van der Waals surface area contributed by atoms with E-state index in [2.05, 4.69) is 31.2 Å². The molecule has 0 aromatic heterocycles. The number of carbonyl (C=O) groups is 2. The molecule has 0 spiro atoms. The fourth-order valence-corrected chi connectivity index (χ4v) is 7.58. The van der Waals surface area contributed by atoms with Gasteiger partial charge in [0.25, 0.3) is 0 Å². The molecule has 1 N–H and O–H groups in total. The lowest BCUT2D eigenvalue weighted by atomic mass is 9.62. The third kappa shape index (κ3) is 10.4. The minimum absolute atomic E-state index is 0.0636. The van der Waals surface area contributed by atoms with Gasteiger partial charge >= 0.3 is 11.9 Å². The van der Waals surface area contributed by atoms with E-state index in [0.29, 0.717) is 12.8 Å². The topological polar surface area (TPSA) is 101 Å². The molecule has 43 heavy (non-hydrogen) atoms. The second-order valence-corrected chi connectivity index (χ2v) is 13.1. The summed E-state index contributed by atoms with van der Waals surface area (Å²) in [5.74, 6) is -0.910. The van der Waals surface area contributed by atoms with Crippen LogP contribution in [0.5, 0.6) is 0 Å². The summed E-state index contributed by atoms with van der Waals surface area (Å²) in [6.07, 6.45) is 24.2. The van der Waals surface area contributed by atoms with Crippen LogP contribution in [0.25, 0.3) is 0 Å². The van der Waals surface area contributed by atoms with Crippen LogP contribution in [0, 0.1) is 17.3 Å². The zero-order valence-corrected chi connectivity index (χ0v) is 26.6. The number of ether oxygens (including phenoxy) is 5. The second-order valence-electron chi connectivity index (χ2n) is 13.1. The summed E-state index contributed by atoms with van der Waals surface area (Å²) in [4.78, 5) is 23.0. The molecule has 4 fully saturated rings. The Morgan fingerprint density at radius 3 is 2.33 bits per heavy atom. The maximum absolute atomic E-state index is 12.1. The van der Waals surface area contributed by atoms with Crippen molar-refractivity contribution in [1.82, 2.24) is 0 Å². The molecule has 0 aromatic rings. The van der Waals surface area contributed by atoms with Crippen molar-refractivity contribution in [1.29, 1.82) is 0 Å². The van der Waals surface area contributed by atoms with Crippen LogP contribution in [0.2, 0.25) is 0 Å². The summed E-state index contributed by atoms with van der Waals surface area (Å²) < 4.78 is 31.2. The average molecular weight is 605 g/mol. The first-order valence-corrected chi connectivity index (χ1v) is 17.1. The predicted molar refractivity (Wildman–Crippen MR) is 164 cm³/mol. The average Bonchev–Trinajstić information content (AvgIpc) is 3.27. The van der Waals surface area contributed by atoms with Crippen molar-refractivity contribution < 1.29 is 38.4 Å². The number of unbranched alkanes of at least 4 members (excludes halogenated alkanes) is 1. The Hall–Kier alpha value is -1.74. The van der Waals surface area contributed by atoms with Gasteiger partial charge in [-0.2, -0.15) is 0 Å². The van der Waals surface area contributed by atoms with E-state index in [4.69, 9.17) is 28.8 Å². The molecule has 8 nitrogen and oxygen atoms in total. The van der Waals surface area contributed by atoms with Crippen LogP contribution >= 0.6 is 0 Å². The molecular formula is C35H56O8. The van der Waals surface area contributed by atoms with Gasteiger partial charge in [0.2, 0.25) is 0 Å². The fraction of sp³-hybridized carbons (Fsp3) is 0.829. The molecule has 0 radical (unpaired) electrons. The van der Waals surface area contributed by atoms with Crippen molar-refractivity contribution in [3.63, 3.8) is 0 Å². The number of carboxylic acids is 1. The van der Waals surface area contributed by atoms with Crippen molar-refractivity contribution in [3.05, 3.63) is 24.3 Å². The van der Waals surface area contributed by atoms with Gasteiger partial charge in [-0.3, -0.25) is 9.59 Å². The molecule has 7 atom stereocenters. The van der Waals surface area contributed by atoms with Gasteiger partial charge in [0, 0.05) is 44.8 Å².